The molecule has 0 radical (unpaired) electrons. The lowest BCUT2D eigenvalue weighted by Gasteiger charge is -2.19. The van der Waals surface area contributed by atoms with Gasteiger partial charge in [-0.3, -0.25) is 14.5 Å². The van der Waals surface area contributed by atoms with E-state index in [9.17, 15) is 9.59 Å². The Morgan fingerprint density at radius 1 is 1.05 bits per heavy atom. The number of unbranched alkanes of at least 4 members (excludes halogenated alkanes) is 2. The Balaban J connectivity index is 2.10. The number of carbonyl (C=O) groups excluding carboxylic acids is 2. The topological polar surface area (TPSA) is 37.4 Å². The molecule has 19 heavy (non-hydrogen) atoms. The number of aryl methyl sites for hydroxylation is 1. The van der Waals surface area contributed by atoms with Crippen LogP contribution in [0.25, 0.3) is 0 Å². The number of rotatable bonds is 5. The molecule has 4 heteroatoms. The van der Waals surface area contributed by atoms with Crippen molar-refractivity contribution in [2.24, 2.45) is 0 Å². The first-order valence-electron chi connectivity index (χ1n) is 6.72. The highest BCUT2D eigenvalue weighted by Crippen LogP contribution is 2.19. The summed E-state index contributed by atoms with van der Waals surface area (Å²) in [6, 6.07) is 7.54. The van der Waals surface area contributed by atoms with Gasteiger partial charge in [-0.2, -0.15) is 0 Å². The summed E-state index contributed by atoms with van der Waals surface area (Å²) < 4.78 is 0. The van der Waals surface area contributed by atoms with Crippen molar-refractivity contribution >= 4 is 27.7 Å². The van der Waals surface area contributed by atoms with Gasteiger partial charge >= 0.3 is 0 Å². The predicted octanol–water partition coefficient (Wildman–Crippen LogP) is 3.17. The molecule has 0 saturated heterocycles. The van der Waals surface area contributed by atoms with Crippen LogP contribution in [0.15, 0.2) is 24.3 Å². The summed E-state index contributed by atoms with van der Waals surface area (Å²) in [5, 5.41) is 0.970. The van der Waals surface area contributed by atoms with Gasteiger partial charge in [0.2, 0.25) is 5.91 Å². The van der Waals surface area contributed by atoms with Gasteiger partial charge in [-0.25, -0.2) is 0 Å². The number of imide groups is 1. The number of fused-ring (bicyclic) bond motifs is 1. The Bertz CT molecular complexity index is 473. The van der Waals surface area contributed by atoms with Gasteiger partial charge < -0.3 is 0 Å². The first-order valence-corrected chi connectivity index (χ1v) is 7.84. The Kier molecular flexibility index (Phi) is 5.14. The van der Waals surface area contributed by atoms with Crippen LogP contribution in [0.2, 0.25) is 0 Å². The van der Waals surface area contributed by atoms with Crippen LogP contribution in [0.5, 0.6) is 0 Å². The molecule has 0 aliphatic carbocycles. The molecule has 0 spiro atoms. The van der Waals surface area contributed by atoms with Gasteiger partial charge in [0.05, 0.1) is 0 Å². The third kappa shape index (κ3) is 3.44. The number of benzene rings is 1. The lowest BCUT2D eigenvalue weighted by atomic mass is 10.0. The van der Waals surface area contributed by atoms with Crippen LogP contribution in [0.1, 0.15) is 41.6 Å². The summed E-state index contributed by atoms with van der Waals surface area (Å²) in [5.74, 6) is -0.169. The number of nitrogens with zero attached hydrogens (tertiary/aromatic N) is 1. The van der Waals surface area contributed by atoms with Crippen LogP contribution in [0, 0.1) is 0 Å². The second-order valence-electron chi connectivity index (χ2n) is 4.76. The quantitative estimate of drug-likeness (QED) is 0.474. The van der Waals surface area contributed by atoms with E-state index in [0.29, 0.717) is 24.9 Å². The average molecular weight is 324 g/mol. The first kappa shape index (κ1) is 14.3. The molecule has 1 aliphatic rings. The smallest absolute Gasteiger partial charge is 0.260 e. The molecular weight excluding hydrogens is 306 g/mol. The highest BCUT2D eigenvalue weighted by Gasteiger charge is 2.27. The highest BCUT2D eigenvalue weighted by atomic mass is 79.9. The minimum atomic E-state index is -0.128. The summed E-state index contributed by atoms with van der Waals surface area (Å²) in [6.07, 6.45) is 4.09. The second kappa shape index (κ2) is 6.85. The lowest BCUT2D eigenvalue weighted by molar-refractivity contribution is -0.128. The van der Waals surface area contributed by atoms with Crippen molar-refractivity contribution in [3.05, 3.63) is 35.4 Å². The number of hydrogen-bond acceptors (Lipinski definition) is 2. The zero-order valence-electron chi connectivity index (χ0n) is 10.9. The van der Waals surface area contributed by atoms with Crippen LogP contribution >= 0.6 is 15.9 Å². The number of hydrogen-bond donors (Lipinski definition) is 0. The zero-order chi connectivity index (χ0) is 13.7. The Morgan fingerprint density at radius 3 is 2.63 bits per heavy atom. The van der Waals surface area contributed by atoms with Crippen molar-refractivity contribution in [3.63, 3.8) is 0 Å². The maximum absolute atomic E-state index is 12.4. The molecule has 2 rings (SSSR count). The predicted molar refractivity (Wildman–Crippen MR) is 78.5 cm³/mol. The van der Waals surface area contributed by atoms with Crippen LogP contribution in [-0.2, 0) is 11.2 Å². The van der Waals surface area contributed by atoms with Crippen LogP contribution in [-0.4, -0.2) is 28.6 Å². The Labute approximate surface area is 122 Å². The summed E-state index contributed by atoms with van der Waals surface area (Å²) in [7, 11) is 0. The molecule has 0 saturated carbocycles. The summed E-state index contributed by atoms with van der Waals surface area (Å²) in [4.78, 5) is 25.9. The second-order valence-corrected chi connectivity index (χ2v) is 5.55. The number of alkyl halides is 1. The monoisotopic (exact) mass is 323 g/mol. The molecular formula is C15H18BrNO2. The van der Waals surface area contributed by atoms with Crippen molar-refractivity contribution in [1.82, 2.24) is 4.90 Å². The number of halogens is 1. The molecule has 3 nitrogen and oxygen atoms in total. The van der Waals surface area contributed by atoms with Crippen molar-refractivity contribution in [3.8, 4) is 0 Å². The molecule has 0 unspecified atom stereocenters. The van der Waals surface area contributed by atoms with Crippen LogP contribution < -0.4 is 0 Å². The average Bonchev–Trinajstić information content (AvgIpc) is 2.55. The first-order chi connectivity index (χ1) is 9.24. The van der Waals surface area contributed by atoms with E-state index in [2.05, 4.69) is 15.9 Å². The van der Waals surface area contributed by atoms with Gasteiger partial charge in [0, 0.05) is 23.9 Å². The normalized spacial score (nSPS) is 15.3. The molecule has 1 aromatic rings. The fourth-order valence-corrected chi connectivity index (χ4v) is 2.75. The van der Waals surface area contributed by atoms with E-state index in [1.807, 2.05) is 24.3 Å². The fourth-order valence-electron chi connectivity index (χ4n) is 2.35. The van der Waals surface area contributed by atoms with Gasteiger partial charge in [0.1, 0.15) is 0 Å². The SMILES string of the molecule is O=C1CCc2ccccc2C(=O)N1CCCCCBr. The van der Waals surface area contributed by atoms with Gasteiger partial charge in [0.25, 0.3) is 5.91 Å². The molecule has 1 aliphatic heterocycles. The third-order valence-electron chi connectivity index (χ3n) is 3.42. The van der Waals surface area contributed by atoms with Gasteiger partial charge in [-0.1, -0.05) is 40.5 Å². The van der Waals surface area contributed by atoms with Crippen molar-refractivity contribution in [1.29, 1.82) is 0 Å². The summed E-state index contributed by atoms with van der Waals surface area (Å²) in [5.41, 5.74) is 1.68. The van der Waals surface area contributed by atoms with E-state index < -0.39 is 0 Å². The largest absolute Gasteiger partial charge is 0.278 e. The molecule has 1 heterocycles. The van der Waals surface area contributed by atoms with Crippen molar-refractivity contribution in [2.75, 3.05) is 11.9 Å². The molecule has 0 N–H and O–H groups in total. The maximum atomic E-state index is 12.4. The van der Waals surface area contributed by atoms with E-state index in [0.717, 1.165) is 30.2 Å². The molecule has 102 valence electrons. The molecule has 0 atom stereocenters. The maximum Gasteiger partial charge on any atom is 0.260 e. The molecule has 0 fully saturated rings. The number of carbonyl (C=O) groups is 2. The standard InChI is InChI=1S/C15H18BrNO2/c16-10-4-1-5-11-17-14(18)9-8-12-6-2-3-7-13(12)15(17)19/h2-3,6-7H,1,4-5,8-11H2. The van der Waals surface area contributed by atoms with Gasteiger partial charge in [-0.15, -0.1) is 0 Å². The van der Waals surface area contributed by atoms with Crippen LogP contribution in [0.4, 0.5) is 0 Å². The van der Waals surface area contributed by atoms with Gasteiger partial charge in [-0.05, 0) is 30.9 Å². The highest BCUT2D eigenvalue weighted by molar-refractivity contribution is 9.09. The minimum Gasteiger partial charge on any atom is -0.278 e. The van der Waals surface area contributed by atoms with Gasteiger partial charge in [0.15, 0.2) is 0 Å². The molecule has 2 amide bonds. The lowest BCUT2D eigenvalue weighted by Crippen LogP contribution is -2.36. The minimum absolute atomic E-state index is 0.0416. The van der Waals surface area contributed by atoms with Crippen molar-refractivity contribution < 1.29 is 9.59 Å². The Morgan fingerprint density at radius 2 is 1.84 bits per heavy atom. The number of amides is 2. The van der Waals surface area contributed by atoms with E-state index in [-0.39, 0.29) is 11.8 Å². The summed E-state index contributed by atoms with van der Waals surface area (Å²) >= 11 is 3.39. The van der Waals surface area contributed by atoms with Crippen LogP contribution in [0.3, 0.4) is 0 Å². The van der Waals surface area contributed by atoms with E-state index in [4.69, 9.17) is 0 Å². The van der Waals surface area contributed by atoms with E-state index >= 15 is 0 Å². The molecule has 0 aromatic heterocycles. The van der Waals surface area contributed by atoms with Crippen molar-refractivity contribution in [2.45, 2.75) is 32.1 Å². The van der Waals surface area contributed by atoms with E-state index in [1.54, 1.807) is 0 Å². The third-order valence-corrected chi connectivity index (χ3v) is 3.98. The molecule has 1 aromatic carbocycles. The zero-order valence-corrected chi connectivity index (χ0v) is 12.5. The summed E-state index contributed by atoms with van der Waals surface area (Å²) in [6.45, 7) is 0.541. The van der Waals surface area contributed by atoms with E-state index in [1.165, 1.54) is 4.90 Å². The Hall–Kier alpha value is -1.16. The fraction of sp³-hybridized carbons (Fsp3) is 0.467. The molecule has 0 bridgehead atoms.